The molecular formula is C19H24Cl2N2O2S. The van der Waals surface area contributed by atoms with Crippen molar-refractivity contribution in [2.45, 2.75) is 31.1 Å². The smallest absolute Gasteiger partial charge is 0.252 e. The molecule has 0 bridgehead atoms. The number of aromatic amines is 1. The predicted molar refractivity (Wildman–Crippen MR) is 112 cm³/mol. The van der Waals surface area contributed by atoms with Crippen molar-refractivity contribution in [1.29, 1.82) is 0 Å². The lowest BCUT2D eigenvalue weighted by Gasteiger charge is -2.31. The second-order valence-corrected chi connectivity index (χ2v) is 8.25. The van der Waals surface area contributed by atoms with E-state index in [4.69, 9.17) is 16.3 Å². The molecule has 2 aliphatic rings. The first-order valence-electron chi connectivity index (χ1n) is 8.95. The van der Waals surface area contributed by atoms with E-state index in [1.54, 1.807) is 0 Å². The van der Waals surface area contributed by atoms with Gasteiger partial charge in [0.2, 0.25) is 0 Å². The topological polar surface area (TPSA) is 45.3 Å². The van der Waals surface area contributed by atoms with Gasteiger partial charge in [0, 0.05) is 47.7 Å². The summed E-state index contributed by atoms with van der Waals surface area (Å²) < 4.78 is 6.25. The molecule has 0 radical (unpaired) electrons. The number of ether oxygens (including phenoxy) is 1. The van der Waals surface area contributed by atoms with Gasteiger partial charge < -0.3 is 14.6 Å². The van der Waals surface area contributed by atoms with E-state index in [2.05, 4.69) is 16.0 Å². The molecule has 0 spiro atoms. The number of piperidine rings is 1. The van der Waals surface area contributed by atoms with Crippen LogP contribution in [0.15, 0.2) is 23.0 Å². The fourth-order valence-corrected chi connectivity index (χ4v) is 5.04. The molecule has 1 aromatic heterocycles. The van der Waals surface area contributed by atoms with Crippen LogP contribution >= 0.6 is 35.8 Å². The van der Waals surface area contributed by atoms with E-state index in [1.807, 2.05) is 23.9 Å². The quantitative estimate of drug-likeness (QED) is 0.772. The Kier molecular flexibility index (Phi) is 6.78. The summed E-state index contributed by atoms with van der Waals surface area (Å²) in [5.41, 5.74) is 3.13. The van der Waals surface area contributed by atoms with Gasteiger partial charge in [-0.1, -0.05) is 0 Å². The van der Waals surface area contributed by atoms with Crippen molar-refractivity contribution in [2.75, 3.05) is 31.3 Å². The second kappa shape index (κ2) is 8.87. The SMILES string of the molecule is Cl.O=c1[nH]c2ccc(OC3CCN(CCCl)CC3)cc2c2c1CSCC2. The highest BCUT2D eigenvalue weighted by Crippen LogP contribution is 2.30. The monoisotopic (exact) mass is 414 g/mol. The molecule has 26 heavy (non-hydrogen) atoms. The molecular weight excluding hydrogens is 391 g/mol. The number of aryl methyl sites for hydroxylation is 1. The molecule has 0 atom stereocenters. The maximum Gasteiger partial charge on any atom is 0.252 e. The number of hydrogen-bond donors (Lipinski definition) is 1. The molecule has 2 aromatic rings. The van der Waals surface area contributed by atoms with Gasteiger partial charge in [-0.3, -0.25) is 4.79 Å². The van der Waals surface area contributed by atoms with Gasteiger partial charge in [0.1, 0.15) is 11.9 Å². The number of nitrogens with one attached hydrogen (secondary N) is 1. The first kappa shape index (κ1) is 19.9. The maximum absolute atomic E-state index is 12.2. The molecule has 0 amide bonds. The standard InChI is InChI=1S/C19H23ClN2O2S.ClH/c20-6-9-22-7-3-13(4-8-22)24-14-1-2-18-16(11-14)15-5-10-25-12-17(15)19(23)21-18;/h1-2,11,13H,3-10,12H2,(H,21,23);1H. The van der Waals surface area contributed by atoms with Gasteiger partial charge in [-0.15, -0.1) is 24.0 Å². The summed E-state index contributed by atoms with van der Waals surface area (Å²) in [6.07, 6.45) is 3.30. The number of halogens is 2. The summed E-state index contributed by atoms with van der Waals surface area (Å²) in [4.78, 5) is 17.7. The highest BCUT2D eigenvalue weighted by Gasteiger charge is 2.21. The highest BCUT2D eigenvalue weighted by atomic mass is 35.5. The predicted octanol–water partition coefficient (Wildman–Crippen LogP) is 3.82. The number of benzene rings is 1. The van der Waals surface area contributed by atoms with Gasteiger partial charge in [-0.2, -0.15) is 11.8 Å². The minimum Gasteiger partial charge on any atom is -0.490 e. The van der Waals surface area contributed by atoms with E-state index < -0.39 is 0 Å². The van der Waals surface area contributed by atoms with Crippen LogP contribution in [0.3, 0.4) is 0 Å². The van der Waals surface area contributed by atoms with Crippen LogP contribution in [0.1, 0.15) is 24.0 Å². The lowest BCUT2D eigenvalue weighted by molar-refractivity contribution is 0.104. The minimum atomic E-state index is 0. The fraction of sp³-hybridized carbons (Fsp3) is 0.526. The Bertz CT molecular complexity index is 819. The number of likely N-dealkylation sites (tertiary alicyclic amines) is 1. The van der Waals surface area contributed by atoms with Crippen molar-refractivity contribution in [3.63, 3.8) is 0 Å². The Morgan fingerprint density at radius 2 is 2.08 bits per heavy atom. The molecule has 4 rings (SSSR count). The van der Waals surface area contributed by atoms with Gasteiger partial charge in [-0.25, -0.2) is 0 Å². The Hall–Kier alpha value is -0.880. The number of thioether (sulfide) groups is 1. The number of alkyl halides is 1. The Morgan fingerprint density at radius 3 is 2.85 bits per heavy atom. The van der Waals surface area contributed by atoms with Crippen LogP contribution in [0.25, 0.3) is 10.9 Å². The van der Waals surface area contributed by atoms with E-state index in [9.17, 15) is 4.79 Å². The third-order valence-corrected chi connectivity index (χ3v) is 6.34. The second-order valence-electron chi connectivity index (χ2n) is 6.77. The van der Waals surface area contributed by atoms with E-state index >= 15 is 0 Å². The zero-order chi connectivity index (χ0) is 17.2. The summed E-state index contributed by atoms with van der Waals surface area (Å²) in [5, 5.41) is 1.15. The van der Waals surface area contributed by atoms with Crippen molar-refractivity contribution in [3.8, 4) is 5.75 Å². The van der Waals surface area contributed by atoms with Crippen molar-refractivity contribution in [1.82, 2.24) is 9.88 Å². The molecule has 0 unspecified atom stereocenters. The lowest BCUT2D eigenvalue weighted by atomic mass is 10.0. The molecule has 1 aromatic carbocycles. The molecule has 2 aliphatic heterocycles. The number of pyridine rings is 1. The zero-order valence-corrected chi connectivity index (χ0v) is 17.0. The van der Waals surface area contributed by atoms with Crippen LogP contribution < -0.4 is 10.3 Å². The minimum absolute atomic E-state index is 0. The summed E-state index contributed by atoms with van der Waals surface area (Å²) in [7, 11) is 0. The molecule has 142 valence electrons. The zero-order valence-electron chi connectivity index (χ0n) is 14.6. The number of hydrogen-bond acceptors (Lipinski definition) is 4. The number of H-pyrrole nitrogens is 1. The van der Waals surface area contributed by atoms with Gasteiger partial charge in [0.25, 0.3) is 5.56 Å². The van der Waals surface area contributed by atoms with Crippen LogP contribution in [0.4, 0.5) is 0 Å². The largest absolute Gasteiger partial charge is 0.490 e. The van der Waals surface area contributed by atoms with Crippen molar-refractivity contribution < 1.29 is 4.74 Å². The van der Waals surface area contributed by atoms with Crippen LogP contribution in [0, 0.1) is 0 Å². The maximum atomic E-state index is 12.2. The van der Waals surface area contributed by atoms with E-state index in [-0.39, 0.29) is 24.1 Å². The van der Waals surface area contributed by atoms with Gasteiger partial charge in [-0.05, 0) is 48.8 Å². The van der Waals surface area contributed by atoms with Crippen LogP contribution in [-0.4, -0.2) is 47.3 Å². The molecule has 4 nitrogen and oxygen atoms in total. The van der Waals surface area contributed by atoms with Gasteiger partial charge in [0.15, 0.2) is 0 Å². The first-order chi connectivity index (χ1) is 12.2. The number of nitrogens with zero attached hydrogens (tertiary/aromatic N) is 1. The molecule has 3 heterocycles. The summed E-state index contributed by atoms with van der Waals surface area (Å²) in [6.45, 7) is 3.05. The molecule has 1 saturated heterocycles. The number of rotatable bonds is 4. The van der Waals surface area contributed by atoms with Crippen LogP contribution in [-0.2, 0) is 12.2 Å². The third-order valence-electron chi connectivity index (χ3n) is 5.18. The van der Waals surface area contributed by atoms with E-state index in [1.165, 1.54) is 5.56 Å². The Morgan fingerprint density at radius 1 is 1.27 bits per heavy atom. The Balaban J connectivity index is 0.00000196. The van der Waals surface area contributed by atoms with Crippen molar-refractivity contribution >= 4 is 46.7 Å². The third kappa shape index (κ3) is 4.16. The van der Waals surface area contributed by atoms with Crippen LogP contribution in [0.5, 0.6) is 5.75 Å². The first-order valence-corrected chi connectivity index (χ1v) is 10.6. The fourth-order valence-electron chi connectivity index (χ4n) is 3.80. The molecule has 7 heteroatoms. The Labute approximate surface area is 169 Å². The highest BCUT2D eigenvalue weighted by molar-refractivity contribution is 7.98. The van der Waals surface area contributed by atoms with E-state index in [0.29, 0.717) is 5.88 Å². The summed E-state index contributed by atoms with van der Waals surface area (Å²) in [5.74, 6) is 3.49. The molecule has 0 saturated carbocycles. The average Bonchev–Trinajstić information content (AvgIpc) is 2.64. The molecule has 1 N–H and O–H groups in total. The van der Waals surface area contributed by atoms with Crippen LogP contribution in [0.2, 0.25) is 0 Å². The lowest BCUT2D eigenvalue weighted by Crippen LogP contribution is -2.39. The number of fused-ring (bicyclic) bond motifs is 3. The summed E-state index contributed by atoms with van der Waals surface area (Å²) in [6, 6.07) is 6.08. The van der Waals surface area contributed by atoms with E-state index in [0.717, 1.165) is 72.6 Å². The normalized spacial score (nSPS) is 18.3. The number of aromatic nitrogens is 1. The van der Waals surface area contributed by atoms with Gasteiger partial charge >= 0.3 is 0 Å². The van der Waals surface area contributed by atoms with Gasteiger partial charge in [0.05, 0.1) is 0 Å². The molecule has 0 aliphatic carbocycles. The van der Waals surface area contributed by atoms with Crippen molar-refractivity contribution in [2.24, 2.45) is 0 Å². The summed E-state index contributed by atoms with van der Waals surface area (Å²) >= 11 is 7.66. The van der Waals surface area contributed by atoms with Crippen molar-refractivity contribution in [3.05, 3.63) is 39.7 Å². The molecule has 1 fully saturated rings. The average molecular weight is 415 g/mol.